The zero-order valence-corrected chi connectivity index (χ0v) is 11.7. The summed E-state index contributed by atoms with van der Waals surface area (Å²) in [6.45, 7) is 8.69. The molecule has 1 aliphatic heterocycles. The second kappa shape index (κ2) is 5.71. The van der Waals surface area contributed by atoms with Gasteiger partial charge in [0.15, 0.2) is 0 Å². The zero-order chi connectivity index (χ0) is 13.1. The Bertz CT molecular complexity index is 257. The van der Waals surface area contributed by atoms with Gasteiger partial charge in [0, 0.05) is 12.6 Å². The van der Waals surface area contributed by atoms with Gasteiger partial charge in [-0.1, -0.05) is 6.92 Å². The molecule has 1 amide bonds. The minimum absolute atomic E-state index is 0.172. The van der Waals surface area contributed by atoms with Gasteiger partial charge in [0.25, 0.3) is 0 Å². The maximum absolute atomic E-state index is 12.1. The Morgan fingerprint density at radius 1 is 1.53 bits per heavy atom. The highest BCUT2D eigenvalue weighted by molar-refractivity contribution is 5.69. The lowest BCUT2D eigenvalue weighted by Gasteiger charge is -2.32. The summed E-state index contributed by atoms with van der Waals surface area (Å²) in [5, 5.41) is 3.29. The quantitative estimate of drug-likeness (QED) is 0.826. The Morgan fingerprint density at radius 2 is 2.18 bits per heavy atom. The second-order valence-electron chi connectivity index (χ2n) is 5.69. The molecule has 0 spiro atoms. The summed E-state index contributed by atoms with van der Waals surface area (Å²) in [7, 11) is 1.96. The van der Waals surface area contributed by atoms with Gasteiger partial charge in [-0.05, 0) is 47.1 Å². The van der Waals surface area contributed by atoms with E-state index in [1.165, 1.54) is 0 Å². The van der Waals surface area contributed by atoms with Crippen LogP contribution in [0.15, 0.2) is 0 Å². The molecular formula is C13H26N2O2. The number of hydrogen-bond donors (Lipinski definition) is 1. The van der Waals surface area contributed by atoms with Crippen molar-refractivity contribution in [2.45, 2.75) is 64.6 Å². The Kier molecular flexibility index (Phi) is 4.80. The van der Waals surface area contributed by atoms with Crippen molar-refractivity contribution >= 4 is 6.09 Å². The summed E-state index contributed by atoms with van der Waals surface area (Å²) in [4.78, 5) is 14.0. The molecule has 0 aliphatic carbocycles. The Balaban J connectivity index is 2.65. The molecule has 0 radical (unpaired) electrons. The molecule has 1 fully saturated rings. The lowest BCUT2D eigenvalue weighted by Crippen LogP contribution is -2.49. The number of nitrogens with zero attached hydrogens (tertiary/aromatic N) is 1. The number of likely N-dealkylation sites (tertiary alicyclic amines) is 1. The minimum atomic E-state index is -0.411. The van der Waals surface area contributed by atoms with Crippen LogP contribution in [0, 0.1) is 0 Å². The molecule has 17 heavy (non-hydrogen) atoms. The molecule has 2 unspecified atom stereocenters. The van der Waals surface area contributed by atoms with E-state index in [4.69, 9.17) is 4.74 Å². The van der Waals surface area contributed by atoms with Crippen molar-refractivity contribution in [2.24, 2.45) is 0 Å². The smallest absolute Gasteiger partial charge is 0.410 e. The largest absolute Gasteiger partial charge is 0.444 e. The average molecular weight is 242 g/mol. The van der Waals surface area contributed by atoms with E-state index in [0.29, 0.717) is 6.04 Å². The van der Waals surface area contributed by atoms with E-state index in [9.17, 15) is 4.79 Å². The van der Waals surface area contributed by atoms with Gasteiger partial charge in [-0.25, -0.2) is 4.79 Å². The maximum Gasteiger partial charge on any atom is 0.410 e. The number of nitrogens with one attached hydrogen (secondary N) is 1. The van der Waals surface area contributed by atoms with Crippen molar-refractivity contribution in [1.82, 2.24) is 10.2 Å². The predicted octanol–water partition coefficient (Wildman–Crippen LogP) is 2.38. The van der Waals surface area contributed by atoms with Crippen molar-refractivity contribution in [3.8, 4) is 0 Å². The SMILES string of the molecule is CCC(NC)C1CCCN1C(=O)OC(C)(C)C. The molecule has 0 aromatic heterocycles. The second-order valence-corrected chi connectivity index (χ2v) is 5.69. The lowest BCUT2D eigenvalue weighted by molar-refractivity contribution is 0.0197. The van der Waals surface area contributed by atoms with Crippen LogP contribution in [-0.2, 0) is 4.74 Å². The lowest BCUT2D eigenvalue weighted by atomic mass is 10.0. The molecule has 4 nitrogen and oxygen atoms in total. The number of carbonyl (C=O) groups excluding carboxylic acids is 1. The summed E-state index contributed by atoms with van der Waals surface area (Å²) >= 11 is 0. The number of carbonyl (C=O) groups is 1. The van der Waals surface area contributed by atoms with Crippen LogP contribution >= 0.6 is 0 Å². The van der Waals surface area contributed by atoms with Gasteiger partial charge in [-0.2, -0.15) is 0 Å². The van der Waals surface area contributed by atoms with Gasteiger partial charge in [0.05, 0.1) is 6.04 Å². The summed E-state index contributed by atoms with van der Waals surface area (Å²) in [6, 6.07) is 0.643. The third-order valence-corrected chi connectivity index (χ3v) is 3.20. The van der Waals surface area contributed by atoms with Crippen LogP contribution in [0.2, 0.25) is 0 Å². The average Bonchev–Trinajstić information content (AvgIpc) is 2.66. The first-order chi connectivity index (χ1) is 7.89. The molecule has 2 atom stereocenters. The van der Waals surface area contributed by atoms with Crippen molar-refractivity contribution in [3.63, 3.8) is 0 Å². The fourth-order valence-corrected chi connectivity index (χ4v) is 2.43. The molecule has 1 saturated heterocycles. The van der Waals surface area contributed by atoms with Crippen molar-refractivity contribution in [1.29, 1.82) is 0 Å². The van der Waals surface area contributed by atoms with E-state index < -0.39 is 5.60 Å². The Hall–Kier alpha value is -0.770. The first-order valence-electron chi connectivity index (χ1n) is 6.56. The van der Waals surface area contributed by atoms with Gasteiger partial charge in [-0.3, -0.25) is 0 Å². The van der Waals surface area contributed by atoms with Crippen LogP contribution in [0.5, 0.6) is 0 Å². The van der Waals surface area contributed by atoms with Gasteiger partial charge in [-0.15, -0.1) is 0 Å². The van der Waals surface area contributed by atoms with Gasteiger partial charge in [0.2, 0.25) is 0 Å². The van der Waals surface area contributed by atoms with Crippen molar-refractivity contribution in [3.05, 3.63) is 0 Å². The third-order valence-electron chi connectivity index (χ3n) is 3.20. The first-order valence-corrected chi connectivity index (χ1v) is 6.56. The number of ether oxygens (including phenoxy) is 1. The van der Waals surface area contributed by atoms with E-state index in [1.54, 1.807) is 0 Å². The molecule has 0 aromatic carbocycles. The molecule has 0 bridgehead atoms. The first kappa shape index (κ1) is 14.3. The van der Waals surface area contributed by atoms with E-state index in [-0.39, 0.29) is 12.1 Å². The number of rotatable bonds is 3. The predicted molar refractivity (Wildman–Crippen MR) is 69.1 cm³/mol. The Labute approximate surface area is 105 Å². The molecule has 1 aliphatic rings. The van der Waals surface area contributed by atoms with E-state index >= 15 is 0 Å². The highest BCUT2D eigenvalue weighted by atomic mass is 16.6. The fourth-order valence-electron chi connectivity index (χ4n) is 2.43. The van der Waals surface area contributed by atoms with Crippen LogP contribution in [0.1, 0.15) is 47.0 Å². The Morgan fingerprint density at radius 3 is 2.65 bits per heavy atom. The number of hydrogen-bond acceptors (Lipinski definition) is 3. The molecule has 1 N–H and O–H groups in total. The number of amides is 1. The summed E-state index contributed by atoms with van der Waals surface area (Å²) < 4.78 is 5.45. The van der Waals surface area contributed by atoms with Gasteiger partial charge in [0.1, 0.15) is 5.60 Å². The number of likely N-dealkylation sites (N-methyl/N-ethyl adjacent to an activating group) is 1. The third kappa shape index (κ3) is 3.87. The molecule has 100 valence electrons. The molecule has 4 heteroatoms. The van der Waals surface area contributed by atoms with E-state index in [1.807, 2.05) is 32.7 Å². The van der Waals surface area contributed by atoms with E-state index in [2.05, 4.69) is 12.2 Å². The summed E-state index contributed by atoms with van der Waals surface area (Å²) in [6.07, 6.45) is 3.00. The monoisotopic (exact) mass is 242 g/mol. The summed E-state index contributed by atoms with van der Waals surface area (Å²) in [5.74, 6) is 0. The van der Waals surface area contributed by atoms with Crippen LogP contribution in [0.25, 0.3) is 0 Å². The van der Waals surface area contributed by atoms with Crippen LogP contribution in [-0.4, -0.2) is 42.3 Å². The highest BCUT2D eigenvalue weighted by Gasteiger charge is 2.35. The topological polar surface area (TPSA) is 41.6 Å². The standard InChI is InChI=1S/C13H26N2O2/c1-6-10(14-5)11-8-7-9-15(11)12(16)17-13(2,3)4/h10-11,14H,6-9H2,1-5H3. The van der Waals surface area contributed by atoms with Gasteiger partial charge >= 0.3 is 6.09 Å². The van der Waals surface area contributed by atoms with E-state index in [0.717, 1.165) is 25.8 Å². The fraction of sp³-hybridized carbons (Fsp3) is 0.923. The minimum Gasteiger partial charge on any atom is -0.444 e. The maximum atomic E-state index is 12.1. The molecule has 0 aromatic rings. The molecule has 1 rings (SSSR count). The van der Waals surface area contributed by atoms with Crippen LogP contribution < -0.4 is 5.32 Å². The van der Waals surface area contributed by atoms with Crippen molar-refractivity contribution in [2.75, 3.05) is 13.6 Å². The van der Waals surface area contributed by atoms with Gasteiger partial charge < -0.3 is 15.0 Å². The zero-order valence-electron chi connectivity index (χ0n) is 11.7. The highest BCUT2D eigenvalue weighted by Crippen LogP contribution is 2.24. The molecule has 0 saturated carbocycles. The van der Waals surface area contributed by atoms with Crippen LogP contribution in [0.4, 0.5) is 4.79 Å². The van der Waals surface area contributed by atoms with Crippen LogP contribution in [0.3, 0.4) is 0 Å². The molecular weight excluding hydrogens is 216 g/mol. The van der Waals surface area contributed by atoms with Crippen molar-refractivity contribution < 1.29 is 9.53 Å². The normalized spacial score (nSPS) is 22.6. The molecule has 1 heterocycles. The summed E-state index contributed by atoms with van der Waals surface area (Å²) in [5.41, 5.74) is -0.411.